The highest BCUT2D eigenvalue weighted by Crippen LogP contribution is 2.23. The quantitative estimate of drug-likeness (QED) is 0.835. The molecule has 18 heavy (non-hydrogen) atoms. The lowest BCUT2D eigenvalue weighted by Crippen LogP contribution is -2.28. The number of fused-ring (bicyclic) bond motifs is 1. The molecule has 0 saturated carbocycles. The van der Waals surface area contributed by atoms with Crippen molar-refractivity contribution >= 4 is 5.78 Å². The highest BCUT2D eigenvalue weighted by molar-refractivity contribution is 5.81. The van der Waals surface area contributed by atoms with Gasteiger partial charge in [-0.25, -0.2) is 0 Å². The minimum absolute atomic E-state index is 0.289. The summed E-state index contributed by atoms with van der Waals surface area (Å²) in [6.07, 6.45) is 4.88. The molecule has 2 heteroatoms. The van der Waals surface area contributed by atoms with E-state index in [0.29, 0.717) is 18.6 Å². The molecule has 1 aromatic rings. The van der Waals surface area contributed by atoms with Gasteiger partial charge in [0.15, 0.2) is 0 Å². The maximum atomic E-state index is 12.0. The molecule has 2 rings (SSSR count). The Morgan fingerprint density at radius 3 is 2.89 bits per heavy atom. The third-order valence-electron chi connectivity index (χ3n) is 3.65. The Balaban J connectivity index is 1.91. The number of ketones is 1. The fraction of sp³-hybridized carbons (Fsp3) is 0.562. The van der Waals surface area contributed by atoms with Gasteiger partial charge in [-0.2, -0.15) is 0 Å². The lowest BCUT2D eigenvalue weighted by Gasteiger charge is -2.11. The van der Waals surface area contributed by atoms with Gasteiger partial charge in [0.2, 0.25) is 0 Å². The molecule has 0 fully saturated rings. The molecule has 1 unspecified atom stereocenters. The number of carbonyl (C=O) groups excluding carboxylic acids is 1. The van der Waals surface area contributed by atoms with Crippen LogP contribution in [-0.2, 0) is 24.1 Å². The Hall–Kier alpha value is -1.15. The van der Waals surface area contributed by atoms with E-state index in [1.807, 2.05) is 0 Å². The van der Waals surface area contributed by atoms with Crippen LogP contribution in [0.15, 0.2) is 18.2 Å². The highest BCUT2D eigenvalue weighted by atomic mass is 16.1. The maximum absolute atomic E-state index is 12.0. The molecule has 0 radical (unpaired) electrons. The van der Waals surface area contributed by atoms with Gasteiger partial charge in [-0.05, 0) is 49.4 Å². The number of nitrogens with one attached hydrogen (secondary N) is 1. The number of aryl methyl sites for hydroxylation is 2. The molecule has 0 spiro atoms. The zero-order chi connectivity index (χ0) is 13.0. The molecule has 1 aromatic carbocycles. The van der Waals surface area contributed by atoms with Crippen LogP contribution in [0.25, 0.3) is 0 Å². The Morgan fingerprint density at radius 2 is 2.11 bits per heavy atom. The first-order valence-corrected chi connectivity index (χ1v) is 7.04. The van der Waals surface area contributed by atoms with Crippen LogP contribution < -0.4 is 5.32 Å². The van der Waals surface area contributed by atoms with Crippen molar-refractivity contribution in [2.24, 2.45) is 0 Å². The van der Waals surface area contributed by atoms with Crippen molar-refractivity contribution in [3.8, 4) is 0 Å². The summed E-state index contributed by atoms with van der Waals surface area (Å²) < 4.78 is 0. The van der Waals surface area contributed by atoms with Crippen molar-refractivity contribution in [2.45, 2.75) is 52.0 Å². The molecule has 0 saturated heterocycles. The summed E-state index contributed by atoms with van der Waals surface area (Å²) >= 11 is 0. The minimum Gasteiger partial charge on any atom is -0.314 e. The summed E-state index contributed by atoms with van der Waals surface area (Å²) in [5, 5.41) is 3.28. The maximum Gasteiger partial charge on any atom is 0.138 e. The van der Waals surface area contributed by atoms with Gasteiger partial charge in [0.05, 0.1) is 0 Å². The molecule has 98 valence electrons. The van der Waals surface area contributed by atoms with Crippen molar-refractivity contribution < 1.29 is 4.79 Å². The van der Waals surface area contributed by atoms with Gasteiger partial charge in [0.25, 0.3) is 0 Å². The summed E-state index contributed by atoms with van der Waals surface area (Å²) in [5.74, 6) is 0.335. The van der Waals surface area contributed by atoms with Gasteiger partial charge in [-0.1, -0.05) is 25.1 Å². The summed E-state index contributed by atoms with van der Waals surface area (Å²) in [6, 6.07) is 6.86. The number of carbonyl (C=O) groups is 1. The van der Waals surface area contributed by atoms with Crippen LogP contribution in [-0.4, -0.2) is 18.4 Å². The fourth-order valence-electron chi connectivity index (χ4n) is 2.80. The van der Waals surface area contributed by atoms with E-state index in [1.165, 1.54) is 36.0 Å². The number of hydrogen-bond donors (Lipinski definition) is 1. The topological polar surface area (TPSA) is 29.1 Å². The minimum atomic E-state index is 0.289. The molecule has 1 N–H and O–H groups in total. The van der Waals surface area contributed by atoms with E-state index in [1.54, 1.807) is 0 Å². The first kappa shape index (κ1) is 13.3. The zero-order valence-corrected chi connectivity index (χ0v) is 11.5. The fourth-order valence-corrected chi connectivity index (χ4v) is 2.80. The van der Waals surface area contributed by atoms with Crippen molar-refractivity contribution in [2.75, 3.05) is 6.54 Å². The van der Waals surface area contributed by atoms with Crippen molar-refractivity contribution in [3.05, 3.63) is 34.9 Å². The van der Waals surface area contributed by atoms with Crippen LogP contribution in [0.3, 0.4) is 0 Å². The third-order valence-corrected chi connectivity index (χ3v) is 3.65. The van der Waals surface area contributed by atoms with E-state index in [9.17, 15) is 4.79 Å². The summed E-state index contributed by atoms with van der Waals surface area (Å²) in [5.41, 5.74) is 4.12. The van der Waals surface area contributed by atoms with Gasteiger partial charge in [0.1, 0.15) is 5.78 Å². The Labute approximate surface area is 110 Å². The van der Waals surface area contributed by atoms with Crippen molar-refractivity contribution in [1.82, 2.24) is 5.32 Å². The lowest BCUT2D eigenvalue weighted by atomic mass is 10.0. The van der Waals surface area contributed by atoms with Crippen molar-refractivity contribution in [3.63, 3.8) is 0 Å². The predicted molar refractivity (Wildman–Crippen MR) is 74.9 cm³/mol. The summed E-state index contributed by atoms with van der Waals surface area (Å²) in [4.78, 5) is 12.0. The van der Waals surface area contributed by atoms with Gasteiger partial charge in [-0.15, -0.1) is 0 Å². The van der Waals surface area contributed by atoms with Crippen LogP contribution in [0.2, 0.25) is 0 Å². The van der Waals surface area contributed by atoms with Crippen LogP contribution >= 0.6 is 0 Å². The average Bonchev–Trinajstić information content (AvgIpc) is 2.76. The van der Waals surface area contributed by atoms with Crippen LogP contribution in [0.1, 0.15) is 43.4 Å². The number of hydrogen-bond acceptors (Lipinski definition) is 2. The molecular formula is C16H23NO. The molecule has 1 atom stereocenters. The van der Waals surface area contributed by atoms with Gasteiger partial charge >= 0.3 is 0 Å². The molecule has 0 aliphatic heterocycles. The van der Waals surface area contributed by atoms with Crippen molar-refractivity contribution in [1.29, 1.82) is 0 Å². The molecular weight excluding hydrogens is 222 g/mol. The highest BCUT2D eigenvalue weighted by Gasteiger charge is 2.13. The first-order chi connectivity index (χ1) is 8.69. The second-order valence-corrected chi connectivity index (χ2v) is 5.33. The molecule has 0 amide bonds. The SMILES string of the molecule is CCNC(C)CC(=O)Cc1ccc2c(c1)CCC2. The second-order valence-electron chi connectivity index (χ2n) is 5.33. The number of Topliss-reactive ketones (excluding diaryl/α,β-unsaturated/α-hetero) is 1. The standard InChI is InChI=1S/C16H23NO/c1-3-17-12(2)9-16(18)11-13-7-8-14-5-4-6-15(14)10-13/h7-8,10,12,17H,3-6,9,11H2,1-2H3. The monoisotopic (exact) mass is 245 g/mol. The van der Waals surface area contributed by atoms with Crippen LogP contribution in [0, 0.1) is 0 Å². The van der Waals surface area contributed by atoms with Gasteiger partial charge < -0.3 is 5.32 Å². The average molecular weight is 245 g/mol. The van der Waals surface area contributed by atoms with E-state index >= 15 is 0 Å². The zero-order valence-electron chi connectivity index (χ0n) is 11.5. The van der Waals surface area contributed by atoms with E-state index in [0.717, 1.165) is 6.54 Å². The molecule has 1 aliphatic carbocycles. The van der Waals surface area contributed by atoms with E-state index < -0.39 is 0 Å². The van der Waals surface area contributed by atoms with E-state index in [2.05, 4.69) is 37.4 Å². The van der Waals surface area contributed by atoms with Gasteiger partial charge in [-0.3, -0.25) is 4.79 Å². The van der Waals surface area contributed by atoms with Gasteiger partial charge in [0, 0.05) is 18.9 Å². The smallest absolute Gasteiger partial charge is 0.138 e. The largest absolute Gasteiger partial charge is 0.314 e. The molecule has 2 nitrogen and oxygen atoms in total. The Kier molecular flexibility index (Phi) is 4.54. The van der Waals surface area contributed by atoms with Crippen LogP contribution in [0.5, 0.6) is 0 Å². The van der Waals surface area contributed by atoms with E-state index in [4.69, 9.17) is 0 Å². The summed E-state index contributed by atoms with van der Waals surface area (Å²) in [6.45, 7) is 5.07. The Morgan fingerprint density at radius 1 is 1.33 bits per heavy atom. The number of benzene rings is 1. The molecule has 0 aromatic heterocycles. The van der Waals surface area contributed by atoms with E-state index in [-0.39, 0.29) is 6.04 Å². The number of rotatable bonds is 6. The molecule has 0 bridgehead atoms. The third kappa shape index (κ3) is 3.42. The molecule has 1 aliphatic rings. The Bertz CT molecular complexity index is 425. The summed E-state index contributed by atoms with van der Waals surface area (Å²) in [7, 11) is 0. The predicted octanol–water partition coefficient (Wildman–Crippen LogP) is 2.68. The first-order valence-electron chi connectivity index (χ1n) is 7.04. The lowest BCUT2D eigenvalue weighted by molar-refractivity contribution is -0.118. The molecule has 0 heterocycles. The second kappa shape index (κ2) is 6.14. The normalized spacial score (nSPS) is 15.4. The van der Waals surface area contributed by atoms with Crippen LogP contribution in [0.4, 0.5) is 0 Å².